The van der Waals surface area contributed by atoms with Crippen LogP contribution in [0, 0.1) is 31.0 Å². The minimum absolute atomic E-state index is 0.315. The molecule has 0 spiro atoms. The first kappa shape index (κ1) is 17.6. The number of nitrogens with zero attached hydrogens (tertiary/aromatic N) is 3. The monoisotopic (exact) mass is 368 g/mol. The number of carbonyl (C=O) groups is 1. The third-order valence-electron chi connectivity index (χ3n) is 3.94. The molecule has 1 aromatic heterocycles. The van der Waals surface area contributed by atoms with Gasteiger partial charge in [0.25, 0.3) is 5.91 Å². The molecule has 7 heteroatoms. The second-order valence-electron chi connectivity index (χ2n) is 5.69. The van der Waals surface area contributed by atoms with Crippen LogP contribution < -0.4 is 5.32 Å². The molecule has 1 heterocycles. The molecule has 130 valence electrons. The Kier molecular flexibility index (Phi) is 4.74. The second kappa shape index (κ2) is 6.98. The lowest BCUT2D eigenvalue weighted by Crippen LogP contribution is -2.14. The molecule has 0 fully saturated rings. The number of carbonyl (C=O) groups excluding carboxylic acids is 1. The van der Waals surface area contributed by atoms with Gasteiger partial charge in [-0.1, -0.05) is 11.6 Å². The first-order valence-corrected chi connectivity index (χ1v) is 8.11. The summed E-state index contributed by atoms with van der Waals surface area (Å²) in [4.78, 5) is 12.6. The van der Waals surface area contributed by atoms with Crippen LogP contribution in [0.2, 0.25) is 5.02 Å². The largest absolute Gasteiger partial charge is 0.322 e. The second-order valence-corrected chi connectivity index (χ2v) is 6.10. The highest BCUT2D eigenvalue weighted by molar-refractivity contribution is 6.31. The van der Waals surface area contributed by atoms with Gasteiger partial charge in [-0.2, -0.15) is 10.4 Å². The summed E-state index contributed by atoms with van der Waals surface area (Å²) in [5.74, 6) is -0.710. The maximum atomic E-state index is 13.0. The number of aromatic nitrogens is 2. The van der Waals surface area contributed by atoms with Crippen LogP contribution in [0.3, 0.4) is 0 Å². The van der Waals surface area contributed by atoms with Gasteiger partial charge in [-0.3, -0.25) is 4.79 Å². The molecule has 0 unspecified atom stereocenters. The molecule has 0 saturated carbocycles. The molecule has 0 atom stereocenters. The van der Waals surface area contributed by atoms with E-state index in [1.807, 2.05) is 6.07 Å². The Morgan fingerprint density at radius 2 is 1.92 bits per heavy atom. The van der Waals surface area contributed by atoms with Crippen LogP contribution in [0.25, 0.3) is 5.69 Å². The van der Waals surface area contributed by atoms with Gasteiger partial charge in [0, 0.05) is 5.69 Å². The first-order chi connectivity index (χ1) is 12.4. The molecule has 1 N–H and O–H groups in total. The molecule has 0 radical (unpaired) electrons. The van der Waals surface area contributed by atoms with Crippen LogP contribution in [0.15, 0.2) is 42.5 Å². The lowest BCUT2D eigenvalue weighted by atomic mass is 10.1. The molecule has 26 heavy (non-hydrogen) atoms. The summed E-state index contributed by atoms with van der Waals surface area (Å²) >= 11 is 6.09. The first-order valence-electron chi connectivity index (χ1n) is 7.74. The van der Waals surface area contributed by atoms with Gasteiger partial charge in [0.05, 0.1) is 33.2 Å². The molecule has 0 saturated heterocycles. The van der Waals surface area contributed by atoms with Crippen molar-refractivity contribution in [1.82, 2.24) is 9.78 Å². The van der Waals surface area contributed by atoms with E-state index < -0.39 is 0 Å². The van der Waals surface area contributed by atoms with E-state index in [4.69, 9.17) is 16.9 Å². The lowest BCUT2D eigenvalue weighted by molar-refractivity contribution is 0.102. The van der Waals surface area contributed by atoms with Crippen molar-refractivity contribution in [1.29, 1.82) is 5.26 Å². The van der Waals surface area contributed by atoms with E-state index in [0.717, 1.165) is 0 Å². The maximum Gasteiger partial charge on any atom is 0.259 e. The van der Waals surface area contributed by atoms with E-state index in [1.54, 1.807) is 36.7 Å². The quantitative estimate of drug-likeness (QED) is 0.744. The van der Waals surface area contributed by atoms with Crippen LogP contribution in [-0.4, -0.2) is 15.7 Å². The number of aryl methyl sites for hydroxylation is 1. The summed E-state index contributed by atoms with van der Waals surface area (Å²) < 4.78 is 14.6. The van der Waals surface area contributed by atoms with Crippen molar-refractivity contribution in [3.05, 3.63) is 75.8 Å². The molecule has 0 bridgehead atoms. The van der Waals surface area contributed by atoms with E-state index in [1.165, 1.54) is 24.3 Å². The number of benzene rings is 2. The van der Waals surface area contributed by atoms with Gasteiger partial charge in [0.15, 0.2) is 0 Å². The van der Waals surface area contributed by atoms with E-state index >= 15 is 0 Å². The normalized spacial score (nSPS) is 10.4. The average Bonchev–Trinajstić information content (AvgIpc) is 2.91. The van der Waals surface area contributed by atoms with Crippen molar-refractivity contribution < 1.29 is 9.18 Å². The molecule has 3 rings (SSSR count). The predicted molar refractivity (Wildman–Crippen MR) is 97.1 cm³/mol. The summed E-state index contributed by atoms with van der Waals surface area (Å²) in [7, 11) is 0. The Bertz CT molecular complexity index is 1030. The van der Waals surface area contributed by atoms with Crippen LogP contribution in [0.4, 0.5) is 10.1 Å². The molecular weight excluding hydrogens is 355 g/mol. The minimum Gasteiger partial charge on any atom is -0.322 e. The van der Waals surface area contributed by atoms with Crippen molar-refractivity contribution in [3.63, 3.8) is 0 Å². The fraction of sp³-hybridized carbons (Fsp3) is 0.105. The van der Waals surface area contributed by atoms with Crippen molar-refractivity contribution in [3.8, 4) is 11.8 Å². The minimum atomic E-state index is -0.374. The SMILES string of the molecule is Cc1nn(-c2ccc(C#N)c(Cl)c2)c(C)c1C(=O)Nc1ccc(F)cc1. The summed E-state index contributed by atoms with van der Waals surface area (Å²) in [5.41, 5.74) is 3.10. The zero-order valence-corrected chi connectivity index (χ0v) is 14.8. The Balaban J connectivity index is 1.95. The summed E-state index contributed by atoms with van der Waals surface area (Å²) in [6.07, 6.45) is 0. The highest BCUT2D eigenvalue weighted by Gasteiger charge is 2.20. The molecule has 0 aliphatic heterocycles. The average molecular weight is 369 g/mol. The summed E-state index contributed by atoms with van der Waals surface area (Å²) in [6.45, 7) is 3.50. The number of halogens is 2. The van der Waals surface area contributed by atoms with Gasteiger partial charge < -0.3 is 5.32 Å². The third-order valence-corrected chi connectivity index (χ3v) is 4.25. The summed E-state index contributed by atoms with van der Waals surface area (Å²) in [5, 5.41) is 16.4. The van der Waals surface area contributed by atoms with Gasteiger partial charge in [0.1, 0.15) is 11.9 Å². The van der Waals surface area contributed by atoms with E-state index in [2.05, 4.69) is 10.4 Å². The van der Waals surface area contributed by atoms with Crippen LogP contribution in [0.1, 0.15) is 27.3 Å². The number of hydrogen-bond donors (Lipinski definition) is 1. The standard InChI is InChI=1S/C19H14ClFN4O/c1-11-18(19(26)23-15-6-4-14(21)5-7-15)12(2)25(24-11)16-8-3-13(10-22)17(20)9-16/h3-9H,1-2H3,(H,23,26). The predicted octanol–water partition coefficient (Wildman–Crippen LogP) is 4.41. The highest BCUT2D eigenvalue weighted by Crippen LogP contribution is 2.23. The van der Waals surface area contributed by atoms with Crippen molar-refractivity contribution in [2.75, 3.05) is 5.32 Å². The Hall–Kier alpha value is -3.17. The Morgan fingerprint density at radius 3 is 2.54 bits per heavy atom. The number of nitrogens with one attached hydrogen (secondary N) is 1. The number of anilines is 1. The van der Waals surface area contributed by atoms with Gasteiger partial charge in [-0.15, -0.1) is 0 Å². The number of amides is 1. The lowest BCUT2D eigenvalue weighted by Gasteiger charge is -2.08. The van der Waals surface area contributed by atoms with Crippen LogP contribution in [0.5, 0.6) is 0 Å². The van der Waals surface area contributed by atoms with E-state index in [-0.39, 0.29) is 11.7 Å². The molecule has 2 aromatic carbocycles. The topological polar surface area (TPSA) is 70.7 Å². The summed E-state index contributed by atoms with van der Waals surface area (Å²) in [6, 6.07) is 12.5. The van der Waals surface area contributed by atoms with Crippen molar-refractivity contribution in [2.24, 2.45) is 0 Å². The molecular formula is C19H14ClFN4O. The molecule has 3 aromatic rings. The van der Waals surface area contributed by atoms with Gasteiger partial charge in [0.2, 0.25) is 0 Å². The van der Waals surface area contributed by atoms with Crippen molar-refractivity contribution >= 4 is 23.2 Å². The fourth-order valence-corrected chi connectivity index (χ4v) is 2.89. The molecule has 0 aliphatic rings. The maximum absolute atomic E-state index is 13.0. The fourth-order valence-electron chi connectivity index (χ4n) is 2.68. The van der Waals surface area contributed by atoms with Gasteiger partial charge in [-0.25, -0.2) is 9.07 Å². The molecule has 0 aliphatic carbocycles. The van der Waals surface area contributed by atoms with Crippen LogP contribution in [-0.2, 0) is 0 Å². The van der Waals surface area contributed by atoms with E-state index in [9.17, 15) is 9.18 Å². The highest BCUT2D eigenvalue weighted by atomic mass is 35.5. The smallest absolute Gasteiger partial charge is 0.259 e. The Labute approximate surface area is 154 Å². The Morgan fingerprint density at radius 1 is 1.23 bits per heavy atom. The zero-order chi connectivity index (χ0) is 18.8. The van der Waals surface area contributed by atoms with Gasteiger partial charge in [-0.05, 0) is 56.3 Å². The number of rotatable bonds is 3. The van der Waals surface area contributed by atoms with Crippen LogP contribution >= 0.6 is 11.6 Å². The number of hydrogen-bond acceptors (Lipinski definition) is 3. The molecule has 1 amide bonds. The van der Waals surface area contributed by atoms with E-state index in [0.29, 0.717) is 38.9 Å². The third kappa shape index (κ3) is 3.30. The number of nitriles is 1. The van der Waals surface area contributed by atoms with Crippen molar-refractivity contribution in [2.45, 2.75) is 13.8 Å². The zero-order valence-electron chi connectivity index (χ0n) is 14.0. The van der Waals surface area contributed by atoms with Gasteiger partial charge >= 0.3 is 0 Å². The molecule has 5 nitrogen and oxygen atoms in total.